The third kappa shape index (κ3) is 6.28. The van der Waals surface area contributed by atoms with E-state index in [0.29, 0.717) is 16.8 Å². The summed E-state index contributed by atoms with van der Waals surface area (Å²) in [6, 6.07) is 12.8. The number of ether oxygens (including phenoxy) is 1. The highest BCUT2D eigenvalue weighted by Crippen LogP contribution is 2.21. The number of hydrogen-bond donors (Lipinski definition) is 0. The van der Waals surface area contributed by atoms with Crippen LogP contribution in [0.4, 0.5) is 10.1 Å². The monoisotopic (exact) mass is 422 g/mol. The van der Waals surface area contributed by atoms with E-state index in [1.165, 1.54) is 18.0 Å². The van der Waals surface area contributed by atoms with Crippen molar-refractivity contribution in [2.24, 2.45) is 0 Å². The summed E-state index contributed by atoms with van der Waals surface area (Å²) >= 11 is 0. The molecule has 0 radical (unpaired) electrons. The number of aryl methyl sites for hydroxylation is 1. The van der Waals surface area contributed by atoms with Crippen LogP contribution < -0.4 is 4.31 Å². The molecule has 0 saturated heterocycles. The molecule has 0 aliphatic rings. The second kappa shape index (κ2) is 9.51. The van der Waals surface area contributed by atoms with E-state index in [1.54, 1.807) is 49.4 Å². The Bertz CT molecular complexity index is 994. The molecule has 0 unspecified atom stereocenters. The van der Waals surface area contributed by atoms with E-state index in [2.05, 4.69) is 0 Å². The van der Waals surface area contributed by atoms with Crippen LogP contribution in [0.5, 0.6) is 0 Å². The van der Waals surface area contributed by atoms with Gasteiger partial charge in [0.15, 0.2) is 6.61 Å². The number of sulfonamides is 1. The zero-order chi connectivity index (χ0) is 21.6. The van der Waals surface area contributed by atoms with Gasteiger partial charge in [-0.3, -0.25) is 13.9 Å². The fourth-order valence-electron chi connectivity index (χ4n) is 2.61. The molecule has 0 aliphatic carbocycles. The summed E-state index contributed by atoms with van der Waals surface area (Å²) in [5, 5.41) is 0. The smallest absolute Gasteiger partial charge is 0.327 e. The predicted octanol–water partition coefficient (Wildman–Crippen LogP) is 2.10. The number of amides is 1. The van der Waals surface area contributed by atoms with Crippen molar-refractivity contribution >= 4 is 27.6 Å². The van der Waals surface area contributed by atoms with E-state index in [4.69, 9.17) is 4.74 Å². The minimum absolute atomic E-state index is 0.0156. The highest BCUT2D eigenvalue weighted by atomic mass is 32.2. The number of carbonyl (C=O) groups excluding carboxylic acids is 2. The zero-order valence-electron chi connectivity index (χ0n) is 16.5. The number of likely N-dealkylation sites (N-methyl/N-ethyl adjacent to an activating group) is 1. The second-order valence-electron chi connectivity index (χ2n) is 6.56. The number of halogens is 1. The van der Waals surface area contributed by atoms with Gasteiger partial charge in [0.05, 0.1) is 11.9 Å². The van der Waals surface area contributed by atoms with Gasteiger partial charge in [0.25, 0.3) is 5.91 Å². The number of hydrogen-bond acceptors (Lipinski definition) is 5. The minimum atomic E-state index is -3.74. The molecular weight excluding hydrogens is 399 g/mol. The fourth-order valence-corrected chi connectivity index (χ4v) is 3.51. The van der Waals surface area contributed by atoms with Crippen molar-refractivity contribution in [3.8, 4) is 0 Å². The van der Waals surface area contributed by atoms with Gasteiger partial charge in [0.1, 0.15) is 12.4 Å². The van der Waals surface area contributed by atoms with E-state index in [-0.39, 0.29) is 6.54 Å². The molecule has 0 atom stereocenters. The van der Waals surface area contributed by atoms with Gasteiger partial charge in [0, 0.05) is 19.2 Å². The first-order valence-corrected chi connectivity index (χ1v) is 10.6. The zero-order valence-corrected chi connectivity index (χ0v) is 17.3. The van der Waals surface area contributed by atoms with E-state index in [0.717, 1.165) is 10.6 Å². The van der Waals surface area contributed by atoms with Crippen LogP contribution in [0.15, 0.2) is 48.5 Å². The van der Waals surface area contributed by atoms with Crippen LogP contribution >= 0.6 is 0 Å². The maximum absolute atomic E-state index is 13.7. The number of esters is 1. The topological polar surface area (TPSA) is 84.0 Å². The van der Waals surface area contributed by atoms with Crippen LogP contribution in [0, 0.1) is 12.7 Å². The fraction of sp³-hybridized carbons (Fsp3) is 0.300. The molecule has 0 heterocycles. The summed E-state index contributed by atoms with van der Waals surface area (Å²) in [5.74, 6) is -1.85. The van der Waals surface area contributed by atoms with Gasteiger partial charge in [-0.05, 0) is 24.6 Å². The maximum atomic E-state index is 13.7. The molecule has 29 heavy (non-hydrogen) atoms. The van der Waals surface area contributed by atoms with E-state index < -0.39 is 40.9 Å². The molecule has 0 spiro atoms. The molecule has 2 aromatic carbocycles. The molecule has 1 amide bonds. The normalized spacial score (nSPS) is 11.0. The van der Waals surface area contributed by atoms with E-state index >= 15 is 0 Å². The highest BCUT2D eigenvalue weighted by Gasteiger charge is 2.23. The summed E-state index contributed by atoms with van der Waals surface area (Å²) in [5.41, 5.74) is 1.36. The number of nitrogens with zero attached hydrogens (tertiary/aromatic N) is 2. The molecule has 0 aliphatic heterocycles. The van der Waals surface area contributed by atoms with Crippen molar-refractivity contribution in [2.75, 3.05) is 30.8 Å². The molecule has 0 bridgehead atoms. The highest BCUT2D eigenvalue weighted by molar-refractivity contribution is 7.92. The molecule has 0 saturated carbocycles. The molecule has 0 N–H and O–H groups in total. The molecule has 0 aromatic heterocycles. The Morgan fingerprint density at radius 1 is 1.07 bits per heavy atom. The van der Waals surface area contributed by atoms with Crippen molar-refractivity contribution in [3.05, 3.63) is 65.5 Å². The summed E-state index contributed by atoms with van der Waals surface area (Å²) in [7, 11) is -2.28. The second-order valence-corrected chi connectivity index (χ2v) is 8.46. The summed E-state index contributed by atoms with van der Waals surface area (Å²) < 4.78 is 43.8. The van der Waals surface area contributed by atoms with Crippen molar-refractivity contribution < 1.29 is 27.1 Å². The number of anilines is 1. The Hall–Kier alpha value is -2.94. The minimum Gasteiger partial charge on any atom is -0.454 e. The number of rotatable bonds is 8. The first-order chi connectivity index (χ1) is 13.6. The van der Waals surface area contributed by atoms with Gasteiger partial charge in [-0.1, -0.05) is 36.4 Å². The van der Waals surface area contributed by atoms with E-state index in [1.807, 2.05) is 0 Å². The lowest BCUT2D eigenvalue weighted by Gasteiger charge is -2.23. The van der Waals surface area contributed by atoms with Gasteiger partial charge in [-0.15, -0.1) is 0 Å². The van der Waals surface area contributed by atoms with Crippen LogP contribution in [0.3, 0.4) is 0 Å². The quantitative estimate of drug-likeness (QED) is 0.609. The summed E-state index contributed by atoms with van der Waals surface area (Å²) in [4.78, 5) is 25.6. The van der Waals surface area contributed by atoms with Gasteiger partial charge in [-0.2, -0.15) is 0 Å². The molecule has 7 nitrogen and oxygen atoms in total. The van der Waals surface area contributed by atoms with Crippen molar-refractivity contribution in [3.63, 3.8) is 0 Å². The Morgan fingerprint density at radius 2 is 1.69 bits per heavy atom. The maximum Gasteiger partial charge on any atom is 0.327 e. The van der Waals surface area contributed by atoms with E-state index in [9.17, 15) is 22.4 Å². The molecule has 2 aromatic rings. The first-order valence-electron chi connectivity index (χ1n) is 8.76. The average molecular weight is 422 g/mol. The third-order valence-corrected chi connectivity index (χ3v) is 5.33. The van der Waals surface area contributed by atoms with Gasteiger partial charge < -0.3 is 9.64 Å². The number of carbonyl (C=O) groups is 2. The first kappa shape index (κ1) is 22.4. The average Bonchev–Trinajstić information content (AvgIpc) is 2.65. The summed E-state index contributed by atoms with van der Waals surface area (Å²) in [6.07, 6.45) is 0.986. The van der Waals surface area contributed by atoms with Gasteiger partial charge >= 0.3 is 5.97 Å². The van der Waals surface area contributed by atoms with Crippen molar-refractivity contribution in [2.45, 2.75) is 13.5 Å². The Morgan fingerprint density at radius 3 is 2.31 bits per heavy atom. The molecule has 0 fully saturated rings. The lowest BCUT2D eigenvalue weighted by molar-refractivity contribution is -0.150. The Labute approximate surface area is 169 Å². The number of para-hydroxylation sites is 1. The lowest BCUT2D eigenvalue weighted by Crippen LogP contribution is -2.38. The van der Waals surface area contributed by atoms with Crippen molar-refractivity contribution in [1.82, 2.24) is 4.90 Å². The standard InChI is InChI=1S/C20H23FN2O5S/c1-15-8-4-7-11-18(15)23(29(3,26)27)13-20(25)28-14-19(24)22(2)12-16-9-5-6-10-17(16)21/h4-11H,12-14H2,1-3H3. The Balaban J connectivity index is 1.97. The molecule has 2 rings (SSSR count). The van der Waals surface area contributed by atoms with Crippen LogP contribution in [-0.2, 0) is 30.9 Å². The predicted molar refractivity (Wildman–Crippen MR) is 107 cm³/mol. The lowest BCUT2D eigenvalue weighted by atomic mass is 10.2. The van der Waals surface area contributed by atoms with Crippen LogP contribution in [-0.4, -0.2) is 51.6 Å². The molecule has 9 heteroatoms. The van der Waals surface area contributed by atoms with Gasteiger partial charge in [-0.25, -0.2) is 12.8 Å². The van der Waals surface area contributed by atoms with Crippen molar-refractivity contribution in [1.29, 1.82) is 0 Å². The third-order valence-electron chi connectivity index (χ3n) is 4.20. The molecule has 156 valence electrons. The summed E-state index contributed by atoms with van der Waals surface area (Å²) in [6.45, 7) is 0.602. The molecular formula is C20H23FN2O5S. The SMILES string of the molecule is Cc1ccccc1N(CC(=O)OCC(=O)N(C)Cc1ccccc1F)S(C)(=O)=O. The van der Waals surface area contributed by atoms with Crippen LogP contribution in [0.2, 0.25) is 0 Å². The number of benzene rings is 2. The van der Waals surface area contributed by atoms with Crippen LogP contribution in [0.1, 0.15) is 11.1 Å². The van der Waals surface area contributed by atoms with Gasteiger partial charge in [0.2, 0.25) is 10.0 Å². The Kier molecular flexibility index (Phi) is 7.33. The van der Waals surface area contributed by atoms with Crippen LogP contribution in [0.25, 0.3) is 0 Å². The largest absolute Gasteiger partial charge is 0.454 e.